The zero-order valence-corrected chi connectivity index (χ0v) is 15.4. The molecule has 0 saturated heterocycles. The lowest BCUT2D eigenvalue weighted by molar-refractivity contribution is -0.117. The van der Waals surface area contributed by atoms with Crippen molar-refractivity contribution in [3.63, 3.8) is 0 Å². The van der Waals surface area contributed by atoms with Gasteiger partial charge in [0.05, 0.1) is 20.8 Å². The molecule has 6 nitrogen and oxygen atoms in total. The van der Waals surface area contributed by atoms with Crippen molar-refractivity contribution in [1.82, 2.24) is 4.90 Å². The van der Waals surface area contributed by atoms with E-state index in [1.807, 2.05) is 0 Å². The number of carbonyl (C=O) groups is 1. The summed E-state index contributed by atoms with van der Waals surface area (Å²) in [6, 6.07) is 11.4. The predicted octanol–water partition coefficient (Wildman–Crippen LogP) is 3.38. The van der Waals surface area contributed by atoms with Crippen LogP contribution in [0.2, 0.25) is 0 Å². The fourth-order valence-electron chi connectivity index (χ4n) is 2.47. The molecule has 8 heteroatoms. The normalized spacial score (nSPS) is 10.8. The lowest BCUT2D eigenvalue weighted by atomic mass is 10.2. The number of likely N-dealkylation sites (N-methyl/N-ethyl adjacent to an activating group) is 1. The first kappa shape index (κ1) is 20.4. The molecule has 2 aromatic rings. The smallest absolute Gasteiger partial charge is 0.387 e. The van der Waals surface area contributed by atoms with Crippen LogP contribution in [0.1, 0.15) is 5.56 Å². The first-order chi connectivity index (χ1) is 12.9. The molecule has 0 fully saturated rings. The summed E-state index contributed by atoms with van der Waals surface area (Å²) in [7, 11) is 4.85. The second kappa shape index (κ2) is 9.72. The second-order valence-electron chi connectivity index (χ2n) is 5.84. The summed E-state index contributed by atoms with van der Waals surface area (Å²) in [5.41, 5.74) is 1.44. The number of alkyl halides is 2. The molecular formula is C19H22F2N2O4. The van der Waals surface area contributed by atoms with Gasteiger partial charge in [-0.3, -0.25) is 9.69 Å². The maximum Gasteiger partial charge on any atom is 0.387 e. The summed E-state index contributed by atoms with van der Waals surface area (Å²) in [4.78, 5) is 14.1. The molecule has 0 heterocycles. The van der Waals surface area contributed by atoms with Crippen LogP contribution in [0, 0.1) is 0 Å². The highest BCUT2D eigenvalue weighted by Crippen LogP contribution is 2.25. The number of hydrogen-bond donors (Lipinski definition) is 1. The zero-order valence-electron chi connectivity index (χ0n) is 15.4. The largest absolute Gasteiger partial charge is 0.497 e. The fraction of sp³-hybridized carbons (Fsp3) is 0.316. The number of nitrogens with one attached hydrogen (secondary N) is 1. The van der Waals surface area contributed by atoms with Gasteiger partial charge in [0.25, 0.3) is 0 Å². The Bertz CT molecular complexity index is 732. The Labute approximate surface area is 156 Å². The van der Waals surface area contributed by atoms with Crippen molar-refractivity contribution in [3.8, 4) is 17.2 Å². The van der Waals surface area contributed by atoms with Crippen molar-refractivity contribution >= 4 is 11.6 Å². The van der Waals surface area contributed by atoms with E-state index in [0.29, 0.717) is 23.7 Å². The van der Waals surface area contributed by atoms with Crippen molar-refractivity contribution in [2.75, 3.05) is 33.1 Å². The molecule has 27 heavy (non-hydrogen) atoms. The van der Waals surface area contributed by atoms with Gasteiger partial charge in [0, 0.05) is 30.4 Å². The fourth-order valence-corrected chi connectivity index (χ4v) is 2.47. The lowest BCUT2D eigenvalue weighted by Crippen LogP contribution is -2.29. The topological polar surface area (TPSA) is 60.0 Å². The van der Waals surface area contributed by atoms with Crippen molar-refractivity contribution in [2.24, 2.45) is 0 Å². The number of benzene rings is 2. The van der Waals surface area contributed by atoms with Gasteiger partial charge in [0.15, 0.2) is 0 Å². The highest BCUT2D eigenvalue weighted by atomic mass is 19.3. The molecule has 146 valence electrons. The molecule has 0 aliphatic heterocycles. The van der Waals surface area contributed by atoms with E-state index in [1.165, 1.54) is 26.4 Å². The Morgan fingerprint density at radius 3 is 2.15 bits per heavy atom. The van der Waals surface area contributed by atoms with Crippen molar-refractivity contribution in [2.45, 2.75) is 13.2 Å². The van der Waals surface area contributed by atoms with Gasteiger partial charge in [-0.25, -0.2) is 0 Å². The van der Waals surface area contributed by atoms with Gasteiger partial charge in [0.1, 0.15) is 17.2 Å². The maximum absolute atomic E-state index is 12.2. The minimum Gasteiger partial charge on any atom is -0.497 e. The predicted molar refractivity (Wildman–Crippen MR) is 97.6 cm³/mol. The van der Waals surface area contributed by atoms with E-state index < -0.39 is 6.61 Å². The second-order valence-corrected chi connectivity index (χ2v) is 5.84. The number of halogens is 2. The Morgan fingerprint density at radius 1 is 1.04 bits per heavy atom. The highest BCUT2D eigenvalue weighted by Gasteiger charge is 2.10. The quantitative estimate of drug-likeness (QED) is 0.723. The van der Waals surface area contributed by atoms with E-state index in [-0.39, 0.29) is 18.2 Å². The number of ether oxygens (including phenoxy) is 3. The monoisotopic (exact) mass is 380 g/mol. The van der Waals surface area contributed by atoms with Gasteiger partial charge < -0.3 is 19.5 Å². The molecule has 0 aliphatic carbocycles. The Hall–Kier alpha value is -2.87. The Morgan fingerprint density at radius 2 is 1.63 bits per heavy atom. The van der Waals surface area contributed by atoms with Crippen LogP contribution in [-0.2, 0) is 11.3 Å². The molecule has 1 N–H and O–H groups in total. The Kier molecular flexibility index (Phi) is 7.36. The molecule has 0 aliphatic rings. The van der Waals surface area contributed by atoms with Crippen LogP contribution < -0.4 is 19.5 Å². The molecular weight excluding hydrogens is 358 g/mol. The van der Waals surface area contributed by atoms with Gasteiger partial charge in [-0.15, -0.1) is 0 Å². The molecule has 1 amide bonds. The van der Waals surface area contributed by atoms with Crippen LogP contribution in [0.3, 0.4) is 0 Å². The van der Waals surface area contributed by atoms with Crippen LogP contribution in [0.15, 0.2) is 42.5 Å². The van der Waals surface area contributed by atoms with Crippen LogP contribution in [-0.4, -0.2) is 45.2 Å². The van der Waals surface area contributed by atoms with Crippen molar-refractivity contribution < 1.29 is 27.8 Å². The van der Waals surface area contributed by atoms with Crippen LogP contribution >= 0.6 is 0 Å². The van der Waals surface area contributed by atoms with Gasteiger partial charge in [-0.1, -0.05) is 12.1 Å². The van der Waals surface area contributed by atoms with Crippen molar-refractivity contribution in [1.29, 1.82) is 0 Å². The molecule has 0 aromatic heterocycles. The summed E-state index contributed by atoms with van der Waals surface area (Å²) >= 11 is 0. The van der Waals surface area contributed by atoms with Crippen LogP contribution in [0.5, 0.6) is 17.2 Å². The van der Waals surface area contributed by atoms with E-state index in [9.17, 15) is 13.6 Å². The van der Waals surface area contributed by atoms with Crippen molar-refractivity contribution in [3.05, 3.63) is 48.0 Å². The van der Waals surface area contributed by atoms with Gasteiger partial charge in [0.2, 0.25) is 5.91 Å². The third-order valence-electron chi connectivity index (χ3n) is 3.65. The zero-order chi connectivity index (χ0) is 19.8. The van der Waals surface area contributed by atoms with E-state index in [1.54, 1.807) is 42.3 Å². The number of nitrogens with zero attached hydrogens (tertiary/aromatic N) is 1. The van der Waals surface area contributed by atoms with E-state index in [4.69, 9.17) is 9.47 Å². The Balaban J connectivity index is 1.90. The molecule has 2 aromatic carbocycles. The molecule has 0 saturated carbocycles. The number of amides is 1. The first-order valence-corrected chi connectivity index (χ1v) is 8.15. The average molecular weight is 380 g/mol. The SMILES string of the molecule is COc1cc(NC(=O)CN(C)Cc2ccc(OC(F)F)cc2)cc(OC)c1. The van der Waals surface area contributed by atoms with E-state index in [2.05, 4.69) is 10.1 Å². The minimum atomic E-state index is -2.85. The average Bonchev–Trinajstić information content (AvgIpc) is 2.62. The van der Waals surface area contributed by atoms with Crippen LogP contribution in [0.25, 0.3) is 0 Å². The first-order valence-electron chi connectivity index (χ1n) is 8.15. The molecule has 0 radical (unpaired) electrons. The number of carbonyl (C=O) groups excluding carboxylic acids is 1. The molecule has 2 rings (SSSR count). The molecule has 0 unspecified atom stereocenters. The van der Waals surface area contributed by atoms with Gasteiger partial charge in [-0.2, -0.15) is 8.78 Å². The number of hydrogen-bond acceptors (Lipinski definition) is 5. The summed E-state index contributed by atoms with van der Waals surface area (Å²) < 4.78 is 39.0. The van der Waals surface area contributed by atoms with Gasteiger partial charge >= 0.3 is 6.61 Å². The van der Waals surface area contributed by atoms with Crippen LogP contribution in [0.4, 0.5) is 14.5 Å². The summed E-state index contributed by atoms with van der Waals surface area (Å²) in [5.74, 6) is 1.04. The molecule has 0 spiro atoms. The summed E-state index contributed by atoms with van der Waals surface area (Å²) in [5, 5.41) is 2.79. The van der Waals surface area contributed by atoms with E-state index >= 15 is 0 Å². The lowest BCUT2D eigenvalue weighted by Gasteiger charge is -2.17. The molecule has 0 bridgehead atoms. The highest BCUT2D eigenvalue weighted by molar-refractivity contribution is 5.92. The summed E-state index contributed by atoms with van der Waals surface area (Å²) in [6.07, 6.45) is 0. The van der Waals surface area contributed by atoms with Gasteiger partial charge in [-0.05, 0) is 24.7 Å². The third-order valence-corrected chi connectivity index (χ3v) is 3.65. The molecule has 0 atom stereocenters. The number of methoxy groups -OCH3 is 2. The minimum absolute atomic E-state index is 0.0983. The number of anilines is 1. The maximum atomic E-state index is 12.2. The summed E-state index contributed by atoms with van der Waals surface area (Å²) in [6.45, 7) is -2.23. The van der Waals surface area contributed by atoms with E-state index in [0.717, 1.165) is 5.56 Å². The third kappa shape index (κ3) is 6.74. The number of rotatable bonds is 9. The standard InChI is InChI=1S/C19H22F2N2O4/c1-23(11-13-4-6-15(7-5-13)27-19(20)21)12-18(24)22-14-8-16(25-2)10-17(9-14)26-3/h4-10,19H,11-12H2,1-3H3,(H,22,24).